The van der Waals surface area contributed by atoms with Crippen LogP contribution in [0.2, 0.25) is 0 Å². The molecule has 0 aliphatic carbocycles. The molecule has 1 atom stereocenters. The van der Waals surface area contributed by atoms with Gasteiger partial charge in [-0.2, -0.15) is 5.10 Å². The molecule has 0 saturated carbocycles. The fraction of sp³-hybridized carbons (Fsp3) is 0.211. The van der Waals surface area contributed by atoms with Crippen LogP contribution in [0.1, 0.15) is 22.9 Å². The first kappa shape index (κ1) is 18.7. The number of thiophene rings is 1. The van der Waals surface area contributed by atoms with Crippen molar-refractivity contribution >= 4 is 23.3 Å². The molecule has 0 spiro atoms. The molecule has 3 amide bonds. The summed E-state index contributed by atoms with van der Waals surface area (Å²) in [5, 5.41) is 8.89. The van der Waals surface area contributed by atoms with Crippen LogP contribution in [0.15, 0.2) is 60.2 Å². The van der Waals surface area contributed by atoms with Crippen LogP contribution in [0.3, 0.4) is 0 Å². The second-order valence-electron chi connectivity index (χ2n) is 6.16. The fourth-order valence-corrected chi connectivity index (χ4v) is 3.52. The first-order valence-electron chi connectivity index (χ1n) is 8.45. The monoisotopic (exact) mass is 383 g/mol. The van der Waals surface area contributed by atoms with Gasteiger partial charge in [0, 0.05) is 30.2 Å². The number of carbonyl (C=O) groups excluding carboxylic acids is 2. The lowest BCUT2D eigenvalue weighted by atomic mass is 10.1. The molecule has 140 valence electrons. The van der Waals surface area contributed by atoms with Gasteiger partial charge in [0.15, 0.2) is 0 Å². The van der Waals surface area contributed by atoms with E-state index in [-0.39, 0.29) is 12.3 Å². The summed E-state index contributed by atoms with van der Waals surface area (Å²) in [6, 6.07) is 12.5. The molecule has 7 nitrogen and oxygen atoms in total. The maximum absolute atomic E-state index is 12.6. The van der Waals surface area contributed by atoms with Crippen LogP contribution >= 0.6 is 11.3 Å². The van der Waals surface area contributed by atoms with E-state index in [1.54, 1.807) is 22.8 Å². The summed E-state index contributed by atoms with van der Waals surface area (Å²) < 4.78 is 1.77. The van der Waals surface area contributed by atoms with Crippen LogP contribution in [-0.2, 0) is 11.3 Å². The summed E-state index contributed by atoms with van der Waals surface area (Å²) >= 11 is 1.48. The number of rotatable bonds is 7. The Morgan fingerprint density at radius 3 is 2.70 bits per heavy atom. The van der Waals surface area contributed by atoms with Gasteiger partial charge in [0.05, 0.1) is 24.3 Å². The molecule has 0 aliphatic rings. The molecule has 0 radical (unpaired) electrons. The molecule has 2 aromatic heterocycles. The van der Waals surface area contributed by atoms with Gasteiger partial charge < -0.3 is 16.0 Å². The van der Waals surface area contributed by atoms with Crippen molar-refractivity contribution < 1.29 is 9.59 Å². The highest BCUT2D eigenvalue weighted by Gasteiger charge is 2.21. The maximum Gasteiger partial charge on any atom is 0.312 e. The molecule has 1 aromatic carbocycles. The van der Waals surface area contributed by atoms with Crippen molar-refractivity contribution in [2.45, 2.75) is 19.0 Å². The normalized spacial score (nSPS) is 11.7. The summed E-state index contributed by atoms with van der Waals surface area (Å²) in [4.78, 5) is 26.4. The van der Waals surface area contributed by atoms with Crippen molar-refractivity contribution in [1.29, 1.82) is 0 Å². The van der Waals surface area contributed by atoms with Crippen LogP contribution in [0.4, 0.5) is 4.79 Å². The molecule has 0 saturated heterocycles. The number of hydrogen-bond acceptors (Lipinski definition) is 4. The molecular formula is C19H21N5O2S. The van der Waals surface area contributed by atoms with E-state index >= 15 is 0 Å². The van der Waals surface area contributed by atoms with E-state index in [2.05, 4.69) is 10.4 Å². The van der Waals surface area contributed by atoms with E-state index in [0.717, 1.165) is 16.1 Å². The number of nitrogens with one attached hydrogen (secondary N) is 1. The van der Waals surface area contributed by atoms with E-state index in [0.29, 0.717) is 6.54 Å². The standard InChI is InChI=1S/C19H21N5O2S/c1-23(12-14-11-21-24(13-14)15-6-3-2-4-7-15)18(25)10-16(22-19(20)26)17-8-5-9-27-17/h2-9,11,13,16H,10,12H2,1H3,(H3,20,22,26). The van der Waals surface area contributed by atoms with Crippen molar-refractivity contribution in [3.63, 3.8) is 0 Å². The zero-order valence-corrected chi connectivity index (χ0v) is 15.7. The fourth-order valence-electron chi connectivity index (χ4n) is 2.74. The van der Waals surface area contributed by atoms with Gasteiger partial charge in [0.2, 0.25) is 5.91 Å². The summed E-state index contributed by atoms with van der Waals surface area (Å²) in [6.45, 7) is 0.430. The number of urea groups is 1. The zero-order chi connectivity index (χ0) is 19.2. The van der Waals surface area contributed by atoms with Gasteiger partial charge in [-0.3, -0.25) is 4.79 Å². The predicted octanol–water partition coefficient (Wildman–Crippen LogP) is 2.69. The molecule has 3 rings (SSSR count). The molecule has 0 fully saturated rings. The van der Waals surface area contributed by atoms with Crippen molar-refractivity contribution in [1.82, 2.24) is 20.0 Å². The van der Waals surface area contributed by atoms with E-state index in [1.807, 2.05) is 54.0 Å². The van der Waals surface area contributed by atoms with Crippen LogP contribution in [0, 0.1) is 0 Å². The Morgan fingerprint density at radius 2 is 2.04 bits per heavy atom. The lowest BCUT2D eigenvalue weighted by Crippen LogP contribution is -2.36. The SMILES string of the molecule is CN(Cc1cnn(-c2ccccc2)c1)C(=O)CC(NC(N)=O)c1cccs1. The highest BCUT2D eigenvalue weighted by atomic mass is 32.1. The van der Waals surface area contributed by atoms with Crippen molar-refractivity contribution in [2.24, 2.45) is 5.73 Å². The highest BCUT2D eigenvalue weighted by molar-refractivity contribution is 7.10. The Labute approximate surface area is 161 Å². The first-order valence-corrected chi connectivity index (χ1v) is 9.33. The molecular weight excluding hydrogens is 362 g/mol. The Balaban J connectivity index is 1.63. The molecule has 8 heteroatoms. The number of nitrogens with two attached hydrogens (primary N) is 1. The van der Waals surface area contributed by atoms with Crippen molar-refractivity contribution in [2.75, 3.05) is 7.05 Å². The molecule has 27 heavy (non-hydrogen) atoms. The minimum atomic E-state index is -0.645. The van der Waals surface area contributed by atoms with E-state index in [9.17, 15) is 9.59 Å². The predicted molar refractivity (Wildman–Crippen MR) is 104 cm³/mol. The van der Waals surface area contributed by atoms with Gasteiger partial charge in [-0.15, -0.1) is 11.3 Å². The molecule has 3 aromatic rings. The van der Waals surface area contributed by atoms with Gasteiger partial charge in [-0.05, 0) is 23.6 Å². The third-order valence-electron chi connectivity index (χ3n) is 4.08. The summed E-state index contributed by atoms with van der Waals surface area (Å²) in [5.74, 6) is -0.0883. The first-order chi connectivity index (χ1) is 13.0. The Kier molecular flexibility index (Phi) is 5.87. The van der Waals surface area contributed by atoms with Crippen molar-refractivity contribution in [3.05, 3.63) is 70.7 Å². The molecule has 0 bridgehead atoms. The largest absolute Gasteiger partial charge is 0.352 e. The number of carbonyl (C=O) groups is 2. The van der Waals surface area contributed by atoms with Gasteiger partial charge in [-0.25, -0.2) is 9.48 Å². The number of benzene rings is 1. The van der Waals surface area contributed by atoms with Gasteiger partial charge in [-0.1, -0.05) is 24.3 Å². The average molecular weight is 383 g/mol. The Hall–Kier alpha value is -3.13. The van der Waals surface area contributed by atoms with Crippen molar-refractivity contribution in [3.8, 4) is 5.69 Å². The molecule has 1 unspecified atom stereocenters. The Morgan fingerprint density at radius 1 is 1.26 bits per heavy atom. The van der Waals surface area contributed by atoms with Gasteiger partial charge >= 0.3 is 6.03 Å². The quantitative estimate of drug-likeness (QED) is 0.657. The number of primary amides is 1. The van der Waals surface area contributed by atoms with E-state index in [4.69, 9.17) is 5.73 Å². The third-order valence-corrected chi connectivity index (χ3v) is 5.07. The molecule has 2 heterocycles. The van der Waals surface area contributed by atoms with Crippen LogP contribution in [0.25, 0.3) is 5.69 Å². The average Bonchev–Trinajstić information content (AvgIpc) is 3.33. The van der Waals surface area contributed by atoms with E-state index in [1.165, 1.54) is 11.3 Å². The minimum Gasteiger partial charge on any atom is -0.352 e. The Bertz CT molecular complexity index is 892. The topological polar surface area (TPSA) is 93.2 Å². The number of nitrogens with zero attached hydrogens (tertiary/aromatic N) is 3. The van der Waals surface area contributed by atoms with Crippen LogP contribution in [0.5, 0.6) is 0 Å². The number of aromatic nitrogens is 2. The second-order valence-corrected chi connectivity index (χ2v) is 7.14. The lowest BCUT2D eigenvalue weighted by molar-refractivity contribution is -0.130. The van der Waals surface area contributed by atoms with Gasteiger partial charge in [0.25, 0.3) is 0 Å². The second kappa shape index (κ2) is 8.50. The smallest absolute Gasteiger partial charge is 0.312 e. The molecule has 3 N–H and O–H groups in total. The zero-order valence-electron chi connectivity index (χ0n) is 14.9. The third kappa shape index (κ3) is 4.95. The highest BCUT2D eigenvalue weighted by Crippen LogP contribution is 2.23. The van der Waals surface area contributed by atoms with Crippen LogP contribution < -0.4 is 11.1 Å². The van der Waals surface area contributed by atoms with E-state index < -0.39 is 12.1 Å². The minimum absolute atomic E-state index is 0.0883. The van der Waals surface area contributed by atoms with Gasteiger partial charge in [0.1, 0.15) is 0 Å². The number of para-hydroxylation sites is 1. The summed E-state index contributed by atoms with van der Waals surface area (Å²) in [5.41, 5.74) is 7.13. The summed E-state index contributed by atoms with van der Waals surface area (Å²) in [6.07, 6.45) is 3.79. The lowest BCUT2D eigenvalue weighted by Gasteiger charge is -2.21. The molecule has 0 aliphatic heterocycles. The summed E-state index contributed by atoms with van der Waals surface area (Å²) in [7, 11) is 1.73. The number of amides is 3. The number of hydrogen-bond donors (Lipinski definition) is 2. The maximum atomic E-state index is 12.6. The van der Waals surface area contributed by atoms with Crippen LogP contribution in [-0.4, -0.2) is 33.7 Å².